The lowest BCUT2D eigenvalue weighted by molar-refractivity contribution is -0.138. The van der Waals surface area contributed by atoms with Crippen LogP contribution in [-0.2, 0) is 14.3 Å². The number of esters is 2. The predicted octanol–water partition coefficient (Wildman–Crippen LogP) is 4.33. The largest absolute Gasteiger partial charge is 0.493 e. The van der Waals surface area contributed by atoms with Crippen LogP contribution >= 0.6 is 11.3 Å². The summed E-state index contributed by atoms with van der Waals surface area (Å²) in [5, 5.41) is 0. The third kappa shape index (κ3) is 6.54. The lowest BCUT2D eigenvalue weighted by Gasteiger charge is -2.24. The van der Waals surface area contributed by atoms with Gasteiger partial charge in [-0.15, -0.1) is 0 Å². The molecule has 1 aliphatic rings. The van der Waals surface area contributed by atoms with Gasteiger partial charge < -0.3 is 18.9 Å². The molecule has 2 aromatic carbocycles. The van der Waals surface area contributed by atoms with E-state index in [0.717, 1.165) is 24.8 Å². The number of allylic oxidation sites excluding steroid dienone is 1. The molecule has 1 atom stereocenters. The van der Waals surface area contributed by atoms with Crippen molar-refractivity contribution in [2.75, 3.05) is 27.4 Å². The number of carbonyl (C=O) groups excluding carboxylic acids is 2. The van der Waals surface area contributed by atoms with Crippen molar-refractivity contribution >= 4 is 29.4 Å². The zero-order chi connectivity index (χ0) is 30.2. The highest BCUT2D eigenvalue weighted by Crippen LogP contribution is 2.31. The number of unbranched alkanes of at least 4 members (excludes halogenated alkanes) is 2. The van der Waals surface area contributed by atoms with Crippen LogP contribution in [0.25, 0.3) is 6.08 Å². The minimum absolute atomic E-state index is 0.00811. The molecule has 0 spiro atoms. The van der Waals surface area contributed by atoms with Crippen molar-refractivity contribution in [2.24, 2.45) is 4.99 Å². The van der Waals surface area contributed by atoms with Crippen LogP contribution in [0.5, 0.6) is 11.5 Å². The molecule has 0 fully saturated rings. The number of rotatable bonds is 12. The number of thiazole rings is 1. The van der Waals surface area contributed by atoms with E-state index < -0.39 is 18.0 Å². The number of hydrogen-bond donors (Lipinski definition) is 0. The second kappa shape index (κ2) is 14.0. The average Bonchev–Trinajstić information content (AvgIpc) is 3.31. The molecule has 9 nitrogen and oxygen atoms in total. The Morgan fingerprint density at radius 1 is 1.07 bits per heavy atom. The van der Waals surface area contributed by atoms with Crippen LogP contribution in [0.4, 0.5) is 0 Å². The fraction of sp³-hybridized carbons (Fsp3) is 0.312. The van der Waals surface area contributed by atoms with Gasteiger partial charge in [-0.3, -0.25) is 9.36 Å². The van der Waals surface area contributed by atoms with Crippen LogP contribution < -0.4 is 24.4 Å². The first-order valence-corrected chi connectivity index (χ1v) is 14.4. The van der Waals surface area contributed by atoms with Gasteiger partial charge in [0, 0.05) is 0 Å². The summed E-state index contributed by atoms with van der Waals surface area (Å²) in [5.41, 5.74) is 2.05. The Labute approximate surface area is 248 Å². The van der Waals surface area contributed by atoms with Crippen molar-refractivity contribution in [3.63, 3.8) is 0 Å². The maximum Gasteiger partial charge on any atom is 0.338 e. The monoisotopic (exact) mass is 590 g/mol. The summed E-state index contributed by atoms with van der Waals surface area (Å²) in [6.45, 7) is 8.06. The molecule has 1 aliphatic heterocycles. The number of nitrogens with zero attached hydrogens (tertiary/aromatic N) is 2. The third-order valence-electron chi connectivity index (χ3n) is 6.71. The van der Waals surface area contributed by atoms with Gasteiger partial charge in [-0.1, -0.05) is 62.0 Å². The van der Waals surface area contributed by atoms with Crippen LogP contribution in [0, 0.1) is 0 Å². The SMILES string of the molecule is C=CCOC(=O)C1=C(C)N=c2sc(=Cc3ccc(OCCCCC)c(OC)c3)c(=O)n2C1c1ccc(C(=O)OC)cc1. The maximum absolute atomic E-state index is 13.9. The van der Waals surface area contributed by atoms with E-state index in [9.17, 15) is 14.4 Å². The van der Waals surface area contributed by atoms with Gasteiger partial charge >= 0.3 is 11.9 Å². The molecule has 2 heterocycles. The standard InChI is InChI=1S/C32H34N2O7S/c1-6-8-9-17-40-24-15-10-21(18-25(24)38-4)19-26-29(35)34-28(22-11-13-23(14-12-22)30(36)39-5)27(31(37)41-16-7-2)20(3)33-32(34)42-26/h7,10-15,18-19,28H,2,6,8-9,16-17H2,1,3-5H3. The Hall–Kier alpha value is -4.44. The minimum Gasteiger partial charge on any atom is -0.493 e. The first-order valence-electron chi connectivity index (χ1n) is 13.6. The van der Waals surface area contributed by atoms with Crippen LogP contribution in [0.1, 0.15) is 60.6 Å². The summed E-state index contributed by atoms with van der Waals surface area (Å²) in [6.07, 6.45) is 6.38. The van der Waals surface area contributed by atoms with Crippen molar-refractivity contribution < 1.29 is 28.5 Å². The van der Waals surface area contributed by atoms with Crippen LogP contribution in [0.15, 0.2) is 76.2 Å². The highest BCUT2D eigenvalue weighted by atomic mass is 32.1. The minimum atomic E-state index is -0.819. The molecule has 10 heteroatoms. The summed E-state index contributed by atoms with van der Waals surface area (Å²) in [4.78, 5) is 44.2. The second-order valence-corrected chi connectivity index (χ2v) is 10.6. The Bertz CT molecular complexity index is 1680. The van der Waals surface area contributed by atoms with E-state index in [1.54, 1.807) is 44.4 Å². The normalized spacial score (nSPS) is 14.6. The molecule has 3 aromatic rings. The van der Waals surface area contributed by atoms with Crippen LogP contribution in [0.3, 0.4) is 0 Å². The van der Waals surface area contributed by atoms with Gasteiger partial charge in [0.2, 0.25) is 0 Å². The van der Waals surface area contributed by atoms with Gasteiger partial charge in [0.25, 0.3) is 5.56 Å². The molecule has 0 saturated carbocycles. The van der Waals surface area contributed by atoms with E-state index in [1.165, 1.54) is 29.1 Å². The molecule has 0 bridgehead atoms. The van der Waals surface area contributed by atoms with Gasteiger partial charge in [-0.2, -0.15) is 0 Å². The Morgan fingerprint density at radius 2 is 1.83 bits per heavy atom. The lowest BCUT2D eigenvalue weighted by Crippen LogP contribution is -2.40. The molecule has 0 N–H and O–H groups in total. The summed E-state index contributed by atoms with van der Waals surface area (Å²) in [7, 11) is 2.88. The van der Waals surface area contributed by atoms with E-state index >= 15 is 0 Å². The lowest BCUT2D eigenvalue weighted by atomic mass is 9.95. The average molecular weight is 591 g/mol. The maximum atomic E-state index is 13.9. The summed E-state index contributed by atoms with van der Waals surface area (Å²) in [5.74, 6) is 0.114. The zero-order valence-corrected chi connectivity index (χ0v) is 25.0. The molecule has 42 heavy (non-hydrogen) atoms. The van der Waals surface area contributed by atoms with E-state index in [1.807, 2.05) is 18.2 Å². The van der Waals surface area contributed by atoms with Gasteiger partial charge in [-0.05, 0) is 54.8 Å². The van der Waals surface area contributed by atoms with Gasteiger partial charge in [0.05, 0.1) is 48.2 Å². The number of ether oxygens (including phenoxy) is 4. The molecule has 1 aromatic heterocycles. The van der Waals surface area contributed by atoms with Crippen molar-refractivity contribution in [1.82, 2.24) is 4.57 Å². The molecular weight excluding hydrogens is 556 g/mol. The first-order chi connectivity index (χ1) is 20.3. The molecule has 1 unspecified atom stereocenters. The highest BCUT2D eigenvalue weighted by molar-refractivity contribution is 7.07. The number of carbonyl (C=O) groups is 2. The zero-order valence-electron chi connectivity index (χ0n) is 24.2. The number of aromatic nitrogens is 1. The van der Waals surface area contributed by atoms with Crippen molar-refractivity contribution in [1.29, 1.82) is 0 Å². The van der Waals surface area contributed by atoms with Crippen molar-refractivity contribution in [2.45, 2.75) is 39.2 Å². The first kappa shape index (κ1) is 30.5. The number of methoxy groups -OCH3 is 2. The molecule has 0 amide bonds. The quantitative estimate of drug-likeness (QED) is 0.176. The third-order valence-corrected chi connectivity index (χ3v) is 7.70. The summed E-state index contributed by atoms with van der Waals surface area (Å²) < 4.78 is 23.5. The van der Waals surface area contributed by atoms with Gasteiger partial charge in [0.15, 0.2) is 16.3 Å². The topological polar surface area (TPSA) is 105 Å². The van der Waals surface area contributed by atoms with E-state index in [-0.39, 0.29) is 17.7 Å². The Morgan fingerprint density at radius 3 is 2.50 bits per heavy atom. The number of hydrogen-bond acceptors (Lipinski definition) is 9. The van der Waals surface area contributed by atoms with Crippen molar-refractivity contribution in [3.8, 4) is 11.5 Å². The van der Waals surface area contributed by atoms with E-state index in [2.05, 4.69) is 18.5 Å². The second-order valence-electron chi connectivity index (χ2n) is 9.55. The molecule has 220 valence electrons. The van der Waals surface area contributed by atoms with E-state index in [4.69, 9.17) is 18.9 Å². The molecule has 4 rings (SSSR count). The van der Waals surface area contributed by atoms with Gasteiger partial charge in [-0.25, -0.2) is 14.6 Å². The van der Waals surface area contributed by atoms with Crippen LogP contribution in [-0.4, -0.2) is 43.9 Å². The van der Waals surface area contributed by atoms with Crippen LogP contribution in [0.2, 0.25) is 0 Å². The molecule has 0 saturated heterocycles. The summed E-state index contributed by atoms with van der Waals surface area (Å²) >= 11 is 1.22. The number of fused-ring (bicyclic) bond motifs is 1. The fourth-order valence-corrected chi connectivity index (χ4v) is 5.66. The molecule has 0 aliphatic carbocycles. The Kier molecular flexibility index (Phi) is 10.1. The van der Waals surface area contributed by atoms with E-state index in [0.29, 0.717) is 44.3 Å². The predicted molar refractivity (Wildman–Crippen MR) is 161 cm³/mol. The smallest absolute Gasteiger partial charge is 0.338 e. The summed E-state index contributed by atoms with van der Waals surface area (Å²) in [6, 6.07) is 11.3. The van der Waals surface area contributed by atoms with Crippen molar-refractivity contribution in [3.05, 3.63) is 103 Å². The molecular formula is C32H34N2O7S. The van der Waals surface area contributed by atoms with Gasteiger partial charge in [0.1, 0.15) is 6.61 Å². The number of benzene rings is 2. The Balaban J connectivity index is 1.79. The molecule has 0 radical (unpaired) electrons. The highest BCUT2D eigenvalue weighted by Gasteiger charge is 2.33. The fourth-order valence-electron chi connectivity index (χ4n) is 4.61.